The summed E-state index contributed by atoms with van der Waals surface area (Å²) in [5.41, 5.74) is 2.43. The van der Waals surface area contributed by atoms with Gasteiger partial charge in [0.1, 0.15) is 0 Å². The normalized spacial score (nSPS) is 5.67. The van der Waals surface area contributed by atoms with Crippen molar-refractivity contribution >= 4 is 19.8 Å². The quantitative estimate of drug-likeness (QED) is 0.295. The SMILES string of the molecule is CCNN.P=S. The minimum Gasteiger partial charge on any atom is -0.271 e. The van der Waals surface area contributed by atoms with Crippen molar-refractivity contribution in [2.45, 2.75) is 6.92 Å². The van der Waals surface area contributed by atoms with Crippen LogP contribution in [0.3, 0.4) is 0 Å². The van der Waals surface area contributed by atoms with Crippen LogP contribution in [-0.2, 0) is 11.8 Å². The summed E-state index contributed by atoms with van der Waals surface area (Å²) in [6.07, 6.45) is 0. The number of hydrogen-bond acceptors (Lipinski definition) is 3. The fourth-order valence-electron chi connectivity index (χ4n) is 0. The molecule has 38 valence electrons. The maximum Gasteiger partial charge on any atom is 0.00689 e. The molecule has 0 bridgehead atoms. The highest BCUT2D eigenvalue weighted by Gasteiger charge is 1.50. The minimum atomic E-state index is 0.847. The van der Waals surface area contributed by atoms with Crippen LogP contribution in [0.25, 0.3) is 0 Å². The maximum absolute atomic E-state index is 4.78. The average molecular weight is 124 g/mol. The summed E-state index contributed by atoms with van der Waals surface area (Å²) in [7, 11) is 2.56. The van der Waals surface area contributed by atoms with E-state index in [9.17, 15) is 0 Å². The second-order valence-corrected chi connectivity index (χ2v) is 0.558. The van der Waals surface area contributed by atoms with E-state index < -0.39 is 0 Å². The van der Waals surface area contributed by atoms with Gasteiger partial charge in [-0.25, -0.2) is 0 Å². The molecule has 0 aliphatic rings. The highest BCUT2D eigenvalue weighted by Crippen LogP contribution is 1.30. The number of nitrogens with two attached hydrogens (primary N) is 1. The lowest BCUT2D eigenvalue weighted by Gasteiger charge is -1.77. The van der Waals surface area contributed by atoms with Crippen molar-refractivity contribution in [3.63, 3.8) is 0 Å². The van der Waals surface area contributed by atoms with Crippen LogP contribution in [0.5, 0.6) is 0 Å². The molecule has 0 radical (unpaired) electrons. The summed E-state index contributed by atoms with van der Waals surface area (Å²) >= 11 is 3.89. The molecule has 0 fully saturated rings. The average Bonchev–Trinajstić information content (AvgIpc) is 1.72. The van der Waals surface area contributed by atoms with Gasteiger partial charge >= 0.3 is 0 Å². The second kappa shape index (κ2) is 18.0. The van der Waals surface area contributed by atoms with Gasteiger partial charge in [-0.2, -0.15) is 0 Å². The van der Waals surface area contributed by atoms with E-state index in [2.05, 4.69) is 25.2 Å². The van der Waals surface area contributed by atoms with Crippen molar-refractivity contribution in [2.75, 3.05) is 6.54 Å². The monoisotopic (exact) mass is 124 g/mol. The zero-order valence-electron chi connectivity index (χ0n) is 3.69. The summed E-state index contributed by atoms with van der Waals surface area (Å²) in [6.45, 7) is 2.79. The van der Waals surface area contributed by atoms with E-state index >= 15 is 0 Å². The van der Waals surface area contributed by atoms with Gasteiger partial charge in [0.05, 0.1) is 0 Å². The van der Waals surface area contributed by atoms with Crippen LogP contribution in [0, 0.1) is 0 Å². The molecule has 0 aromatic rings. The summed E-state index contributed by atoms with van der Waals surface area (Å²) in [6, 6.07) is 0. The third-order valence-electron chi connectivity index (χ3n) is 0.204. The molecular formula is C2H9N2PS. The molecular weight excluding hydrogens is 115 g/mol. The van der Waals surface area contributed by atoms with E-state index in [1.165, 1.54) is 0 Å². The molecule has 0 amide bonds. The van der Waals surface area contributed by atoms with Crippen molar-refractivity contribution < 1.29 is 0 Å². The number of nitrogens with one attached hydrogen (secondary N) is 1. The number of rotatable bonds is 1. The Kier molecular flexibility index (Phi) is 29.0. The molecule has 0 aromatic carbocycles. The van der Waals surface area contributed by atoms with Crippen molar-refractivity contribution in [3.8, 4) is 0 Å². The molecule has 0 rings (SSSR count). The first-order chi connectivity index (χ1) is 2.91. The largest absolute Gasteiger partial charge is 0.271 e. The summed E-state index contributed by atoms with van der Waals surface area (Å²) in [5, 5.41) is 0. The Hall–Kier alpha value is 0.440. The molecule has 3 N–H and O–H groups in total. The molecule has 0 atom stereocenters. The van der Waals surface area contributed by atoms with Gasteiger partial charge in [0.25, 0.3) is 0 Å². The topological polar surface area (TPSA) is 38.0 Å². The highest BCUT2D eigenvalue weighted by molar-refractivity contribution is 7.88. The van der Waals surface area contributed by atoms with E-state index in [1.807, 2.05) is 6.92 Å². The summed E-state index contributed by atoms with van der Waals surface area (Å²) in [5.74, 6) is 4.78. The first kappa shape index (κ1) is 9.67. The summed E-state index contributed by atoms with van der Waals surface area (Å²) in [4.78, 5) is 0. The Morgan fingerprint density at radius 1 is 1.83 bits per heavy atom. The van der Waals surface area contributed by atoms with Crippen LogP contribution in [0.1, 0.15) is 6.92 Å². The second-order valence-electron chi connectivity index (χ2n) is 0.558. The Bertz CT molecular complexity index is 19.0. The van der Waals surface area contributed by atoms with Gasteiger partial charge in [0, 0.05) is 6.54 Å². The zero-order valence-corrected chi connectivity index (χ0v) is 5.51. The first-order valence-corrected chi connectivity index (χ1v) is 3.19. The molecule has 0 saturated carbocycles. The van der Waals surface area contributed by atoms with Crippen LogP contribution >= 0.6 is 8.02 Å². The van der Waals surface area contributed by atoms with Crippen LogP contribution < -0.4 is 11.3 Å². The standard InChI is InChI=1S/C2H8N2.HPS/c1-2-4-3;1-2/h4H,2-3H2,1H3;1H. The van der Waals surface area contributed by atoms with Crippen molar-refractivity contribution in [2.24, 2.45) is 5.84 Å². The van der Waals surface area contributed by atoms with E-state index in [1.54, 1.807) is 0 Å². The van der Waals surface area contributed by atoms with Crippen molar-refractivity contribution in [1.82, 2.24) is 5.43 Å². The lowest BCUT2D eigenvalue weighted by Crippen LogP contribution is -2.20. The molecule has 0 aromatic heterocycles. The lowest BCUT2D eigenvalue weighted by atomic mass is 10.8. The molecule has 0 saturated heterocycles. The predicted molar refractivity (Wildman–Crippen MR) is 33.5 cm³/mol. The minimum absolute atomic E-state index is 0.847. The van der Waals surface area contributed by atoms with Crippen molar-refractivity contribution in [3.05, 3.63) is 0 Å². The van der Waals surface area contributed by atoms with E-state index in [0.29, 0.717) is 0 Å². The third-order valence-corrected chi connectivity index (χ3v) is 0.204. The fraction of sp³-hybridized carbons (Fsp3) is 1.00. The van der Waals surface area contributed by atoms with E-state index in [-0.39, 0.29) is 0 Å². The van der Waals surface area contributed by atoms with Crippen LogP contribution in [0.2, 0.25) is 0 Å². The molecule has 0 aliphatic carbocycles. The lowest BCUT2D eigenvalue weighted by molar-refractivity contribution is 0.781. The van der Waals surface area contributed by atoms with Crippen molar-refractivity contribution in [1.29, 1.82) is 0 Å². The van der Waals surface area contributed by atoms with Crippen LogP contribution in [0.4, 0.5) is 0 Å². The number of hydrogen-bond donors (Lipinski definition) is 2. The first-order valence-electron chi connectivity index (χ1n) is 1.55. The smallest absolute Gasteiger partial charge is 0.00689 e. The Balaban J connectivity index is 0. The van der Waals surface area contributed by atoms with Gasteiger partial charge in [0.2, 0.25) is 0 Å². The van der Waals surface area contributed by atoms with Gasteiger partial charge in [-0.05, 0) is 8.02 Å². The summed E-state index contributed by atoms with van der Waals surface area (Å²) < 4.78 is 0. The van der Waals surface area contributed by atoms with Gasteiger partial charge in [-0.15, -0.1) is 0 Å². The van der Waals surface area contributed by atoms with Gasteiger partial charge in [-0.1, -0.05) is 18.7 Å². The third kappa shape index (κ3) is 25.3. The molecule has 0 unspecified atom stereocenters. The molecule has 0 aliphatic heterocycles. The number of hydrazine groups is 1. The highest BCUT2D eigenvalue weighted by atomic mass is 32.4. The Morgan fingerprint density at radius 2 is 2.00 bits per heavy atom. The Morgan fingerprint density at radius 3 is 2.00 bits per heavy atom. The van der Waals surface area contributed by atoms with Gasteiger partial charge in [0.15, 0.2) is 0 Å². The van der Waals surface area contributed by atoms with Crippen LogP contribution in [0.15, 0.2) is 0 Å². The molecule has 0 heterocycles. The van der Waals surface area contributed by atoms with Crippen LogP contribution in [-0.4, -0.2) is 6.54 Å². The van der Waals surface area contributed by atoms with E-state index in [4.69, 9.17) is 5.84 Å². The van der Waals surface area contributed by atoms with Gasteiger partial charge < -0.3 is 0 Å². The fourth-order valence-corrected chi connectivity index (χ4v) is 0. The van der Waals surface area contributed by atoms with E-state index in [0.717, 1.165) is 6.54 Å². The zero-order chi connectivity index (χ0) is 5.41. The molecule has 0 spiro atoms. The molecule has 4 heteroatoms. The Labute approximate surface area is 45.3 Å². The maximum atomic E-state index is 4.78. The molecule has 2 nitrogen and oxygen atoms in total. The van der Waals surface area contributed by atoms with Gasteiger partial charge in [-0.3, -0.25) is 11.3 Å². The predicted octanol–water partition coefficient (Wildman–Crippen LogP) is 0.0607. The molecule has 6 heavy (non-hydrogen) atoms.